The zero-order valence-corrected chi connectivity index (χ0v) is 11.0. The van der Waals surface area contributed by atoms with Crippen LogP contribution in [-0.2, 0) is 6.54 Å². The van der Waals surface area contributed by atoms with E-state index in [2.05, 4.69) is 6.92 Å². The third-order valence-corrected chi connectivity index (χ3v) is 3.17. The molecular formula is C14H20N2O2. The first-order valence-corrected chi connectivity index (χ1v) is 6.56. The second-order valence-electron chi connectivity index (χ2n) is 4.64. The van der Waals surface area contributed by atoms with Crippen molar-refractivity contribution in [1.82, 2.24) is 4.57 Å². The van der Waals surface area contributed by atoms with Gasteiger partial charge in [-0.25, -0.2) is 4.79 Å². The highest BCUT2D eigenvalue weighted by atomic mass is 16.4. The summed E-state index contributed by atoms with van der Waals surface area (Å²) in [6.45, 7) is 4.83. The van der Waals surface area contributed by atoms with E-state index < -0.39 is 0 Å². The number of rotatable bonds is 5. The number of oxazole rings is 1. The molecule has 1 aromatic carbocycles. The van der Waals surface area contributed by atoms with E-state index in [1.165, 1.54) is 0 Å². The van der Waals surface area contributed by atoms with Gasteiger partial charge in [0.1, 0.15) is 0 Å². The monoisotopic (exact) mass is 248 g/mol. The smallest absolute Gasteiger partial charge is 0.408 e. The largest absolute Gasteiger partial charge is 0.419 e. The molecule has 0 saturated heterocycles. The van der Waals surface area contributed by atoms with Crippen LogP contribution in [0.4, 0.5) is 0 Å². The molecule has 2 rings (SSSR count). The summed E-state index contributed by atoms with van der Waals surface area (Å²) in [6, 6.07) is 5.83. The van der Waals surface area contributed by atoms with E-state index in [1.807, 2.05) is 25.1 Å². The minimum Gasteiger partial charge on any atom is -0.408 e. The highest BCUT2D eigenvalue weighted by molar-refractivity contribution is 5.73. The fourth-order valence-electron chi connectivity index (χ4n) is 2.23. The summed E-state index contributed by atoms with van der Waals surface area (Å²) in [5.74, 6) is -0.284. The van der Waals surface area contributed by atoms with Crippen molar-refractivity contribution in [1.29, 1.82) is 0 Å². The number of hydrogen-bond donors (Lipinski definition) is 1. The van der Waals surface area contributed by atoms with E-state index in [4.69, 9.17) is 10.2 Å². The van der Waals surface area contributed by atoms with Gasteiger partial charge in [-0.15, -0.1) is 0 Å². The van der Waals surface area contributed by atoms with Gasteiger partial charge >= 0.3 is 5.76 Å². The quantitative estimate of drug-likeness (QED) is 0.885. The molecule has 0 aliphatic carbocycles. The molecule has 18 heavy (non-hydrogen) atoms. The predicted molar refractivity (Wildman–Crippen MR) is 72.6 cm³/mol. The van der Waals surface area contributed by atoms with Crippen LogP contribution in [0.5, 0.6) is 0 Å². The Morgan fingerprint density at radius 1 is 1.33 bits per heavy atom. The van der Waals surface area contributed by atoms with Crippen molar-refractivity contribution < 1.29 is 4.42 Å². The van der Waals surface area contributed by atoms with Crippen molar-refractivity contribution >= 4 is 11.1 Å². The van der Waals surface area contributed by atoms with Gasteiger partial charge in [0, 0.05) is 12.6 Å². The van der Waals surface area contributed by atoms with Crippen LogP contribution in [-0.4, -0.2) is 4.57 Å². The molecule has 1 heterocycles. The van der Waals surface area contributed by atoms with Crippen LogP contribution in [0, 0.1) is 0 Å². The number of aryl methyl sites for hydroxylation is 1. The predicted octanol–water partition coefficient (Wildman–Crippen LogP) is 2.80. The SMILES string of the molecule is CCCC(N)c1ccc2c(c1)oc(=O)n2CCC. The Kier molecular flexibility index (Phi) is 3.87. The van der Waals surface area contributed by atoms with Gasteiger partial charge in [0.2, 0.25) is 0 Å². The normalized spacial score (nSPS) is 13.1. The zero-order chi connectivity index (χ0) is 13.1. The standard InChI is InChI=1S/C14H20N2O2/c1-3-5-11(15)10-6-7-12-13(9-10)18-14(17)16(12)8-4-2/h6-7,9,11H,3-5,8,15H2,1-2H3. The maximum atomic E-state index is 11.7. The van der Waals surface area contributed by atoms with Gasteiger partial charge in [-0.1, -0.05) is 26.3 Å². The molecule has 2 N–H and O–H groups in total. The molecule has 0 bridgehead atoms. The molecular weight excluding hydrogens is 228 g/mol. The van der Waals surface area contributed by atoms with Crippen molar-refractivity contribution in [2.75, 3.05) is 0 Å². The summed E-state index contributed by atoms with van der Waals surface area (Å²) in [4.78, 5) is 11.7. The van der Waals surface area contributed by atoms with Crippen LogP contribution in [0.1, 0.15) is 44.7 Å². The van der Waals surface area contributed by atoms with Gasteiger partial charge in [-0.05, 0) is 30.5 Å². The lowest BCUT2D eigenvalue weighted by atomic mass is 10.0. The molecule has 0 saturated carbocycles. The van der Waals surface area contributed by atoms with Crippen molar-refractivity contribution in [3.63, 3.8) is 0 Å². The Bertz CT molecular complexity index is 583. The summed E-state index contributed by atoms with van der Waals surface area (Å²) in [6.07, 6.45) is 2.89. The van der Waals surface area contributed by atoms with Gasteiger partial charge in [-0.3, -0.25) is 4.57 Å². The zero-order valence-electron chi connectivity index (χ0n) is 11.0. The molecule has 0 spiro atoms. The number of nitrogens with zero attached hydrogens (tertiary/aromatic N) is 1. The summed E-state index contributed by atoms with van der Waals surface area (Å²) < 4.78 is 6.94. The van der Waals surface area contributed by atoms with Crippen LogP contribution >= 0.6 is 0 Å². The molecule has 0 amide bonds. The third-order valence-electron chi connectivity index (χ3n) is 3.17. The van der Waals surface area contributed by atoms with Gasteiger partial charge in [0.15, 0.2) is 5.58 Å². The van der Waals surface area contributed by atoms with E-state index >= 15 is 0 Å². The van der Waals surface area contributed by atoms with Gasteiger partial charge < -0.3 is 10.2 Å². The van der Waals surface area contributed by atoms with E-state index in [0.717, 1.165) is 30.3 Å². The second kappa shape index (κ2) is 5.40. The number of fused-ring (bicyclic) bond motifs is 1. The van der Waals surface area contributed by atoms with E-state index in [-0.39, 0.29) is 11.8 Å². The molecule has 0 fully saturated rings. The molecule has 98 valence electrons. The molecule has 1 unspecified atom stereocenters. The summed E-state index contributed by atoms with van der Waals surface area (Å²) >= 11 is 0. The number of benzene rings is 1. The van der Waals surface area contributed by atoms with Crippen LogP contribution in [0.3, 0.4) is 0 Å². The van der Waals surface area contributed by atoms with Gasteiger partial charge in [0.25, 0.3) is 0 Å². The highest BCUT2D eigenvalue weighted by Gasteiger charge is 2.11. The van der Waals surface area contributed by atoms with Crippen molar-refractivity contribution in [2.45, 2.75) is 45.7 Å². The molecule has 0 aliphatic rings. The van der Waals surface area contributed by atoms with Crippen LogP contribution in [0.25, 0.3) is 11.1 Å². The van der Waals surface area contributed by atoms with Crippen LogP contribution in [0.15, 0.2) is 27.4 Å². The summed E-state index contributed by atoms with van der Waals surface area (Å²) in [5, 5.41) is 0. The maximum absolute atomic E-state index is 11.7. The first kappa shape index (κ1) is 12.9. The average Bonchev–Trinajstić information content (AvgIpc) is 2.66. The third kappa shape index (κ3) is 2.34. The minimum atomic E-state index is -0.284. The summed E-state index contributed by atoms with van der Waals surface area (Å²) in [5.41, 5.74) is 8.60. The highest BCUT2D eigenvalue weighted by Crippen LogP contribution is 2.21. The van der Waals surface area contributed by atoms with Crippen LogP contribution in [0.2, 0.25) is 0 Å². The number of nitrogens with two attached hydrogens (primary N) is 1. The van der Waals surface area contributed by atoms with Crippen molar-refractivity contribution in [3.05, 3.63) is 34.3 Å². The second-order valence-corrected chi connectivity index (χ2v) is 4.64. The Morgan fingerprint density at radius 2 is 2.11 bits per heavy atom. The van der Waals surface area contributed by atoms with Crippen molar-refractivity contribution in [3.8, 4) is 0 Å². The lowest BCUT2D eigenvalue weighted by molar-refractivity contribution is 0.502. The van der Waals surface area contributed by atoms with E-state index in [9.17, 15) is 4.79 Å². The minimum absolute atomic E-state index is 0.0132. The lowest BCUT2D eigenvalue weighted by Gasteiger charge is -2.10. The van der Waals surface area contributed by atoms with Gasteiger partial charge in [-0.2, -0.15) is 0 Å². The molecule has 0 radical (unpaired) electrons. The number of aromatic nitrogens is 1. The van der Waals surface area contributed by atoms with Crippen molar-refractivity contribution in [2.24, 2.45) is 5.73 Å². The Balaban J connectivity index is 2.44. The molecule has 1 aromatic heterocycles. The molecule has 2 aromatic rings. The van der Waals surface area contributed by atoms with E-state index in [0.29, 0.717) is 12.1 Å². The average molecular weight is 248 g/mol. The topological polar surface area (TPSA) is 61.2 Å². The van der Waals surface area contributed by atoms with E-state index in [1.54, 1.807) is 4.57 Å². The lowest BCUT2D eigenvalue weighted by Crippen LogP contribution is -2.13. The first-order valence-electron chi connectivity index (χ1n) is 6.56. The Morgan fingerprint density at radius 3 is 2.78 bits per heavy atom. The molecule has 4 nitrogen and oxygen atoms in total. The fourth-order valence-corrected chi connectivity index (χ4v) is 2.23. The fraction of sp³-hybridized carbons (Fsp3) is 0.500. The summed E-state index contributed by atoms with van der Waals surface area (Å²) in [7, 11) is 0. The van der Waals surface area contributed by atoms with Gasteiger partial charge in [0.05, 0.1) is 5.52 Å². The Hall–Kier alpha value is -1.55. The molecule has 0 aliphatic heterocycles. The first-order chi connectivity index (χ1) is 8.67. The Labute approximate surface area is 106 Å². The van der Waals surface area contributed by atoms with Crippen LogP contribution < -0.4 is 11.5 Å². The molecule has 4 heteroatoms. The molecule has 1 atom stereocenters. The number of hydrogen-bond acceptors (Lipinski definition) is 3. The maximum Gasteiger partial charge on any atom is 0.419 e.